The molecule has 0 atom stereocenters. The van der Waals surface area contributed by atoms with E-state index in [2.05, 4.69) is 22.3 Å². The molecule has 4 nitrogen and oxygen atoms in total. The smallest absolute Gasteiger partial charge is 0.309 e. The number of rotatable bonds is 4. The predicted octanol–water partition coefficient (Wildman–Crippen LogP) is 3.59. The molecule has 0 aromatic heterocycles. The number of hydrogen-bond donors (Lipinski definition) is 1. The number of benzene rings is 1. The fourth-order valence-electron chi connectivity index (χ4n) is 3.89. The number of esters is 1. The van der Waals surface area contributed by atoms with Gasteiger partial charge in [-0.05, 0) is 69.3 Å². The van der Waals surface area contributed by atoms with E-state index in [0.29, 0.717) is 12.5 Å². The zero-order valence-corrected chi connectivity index (χ0v) is 15.1. The number of halogens is 1. The average molecular weight is 351 g/mol. The molecule has 0 aliphatic carbocycles. The minimum absolute atomic E-state index is 0.0400. The molecule has 0 radical (unpaired) electrons. The number of nitrogens with zero attached hydrogens (tertiary/aromatic N) is 1. The minimum atomic E-state index is -0.0400. The molecule has 132 valence electrons. The van der Waals surface area contributed by atoms with Crippen LogP contribution >= 0.6 is 11.6 Å². The lowest BCUT2D eigenvalue weighted by atomic mass is 9.88. The highest BCUT2D eigenvalue weighted by Gasteiger charge is 2.28. The van der Waals surface area contributed by atoms with E-state index in [4.69, 9.17) is 16.3 Å². The van der Waals surface area contributed by atoms with Crippen LogP contribution in [0.2, 0.25) is 5.02 Å². The fourth-order valence-corrected chi connectivity index (χ4v) is 4.05. The number of piperidine rings is 2. The van der Waals surface area contributed by atoms with Crippen LogP contribution < -0.4 is 10.2 Å². The van der Waals surface area contributed by atoms with E-state index in [-0.39, 0.29) is 11.9 Å². The Morgan fingerprint density at radius 2 is 1.96 bits per heavy atom. The van der Waals surface area contributed by atoms with Crippen LogP contribution in [0.15, 0.2) is 18.2 Å². The van der Waals surface area contributed by atoms with Crippen LogP contribution in [-0.2, 0) is 9.53 Å². The lowest BCUT2D eigenvalue weighted by molar-refractivity contribution is -0.148. The Morgan fingerprint density at radius 1 is 1.25 bits per heavy atom. The first kappa shape index (κ1) is 17.6. The van der Waals surface area contributed by atoms with Crippen LogP contribution in [0.1, 0.15) is 44.1 Å². The Balaban J connectivity index is 1.72. The zero-order valence-electron chi connectivity index (χ0n) is 14.4. The summed E-state index contributed by atoms with van der Waals surface area (Å²) in [5, 5.41) is 4.22. The molecule has 3 rings (SSSR count). The van der Waals surface area contributed by atoms with E-state index in [9.17, 15) is 4.79 Å². The van der Waals surface area contributed by atoms with Crippen LogP contribution in [0.4, 0.5) is 5.69 Å². The van der Waals surface area contributed by atoms with Crippen LogP contribution in [0, 0.1) is 5.92 Å². The largest absolute Gasteiger partial charge is 0.466 e. The summed E-state index contributed by atoms with van der Waals surface area (Å²) in [4.78, 5) is 14.3. The molecule has 0 unspecified atom stereocenters. The van der Waals surface area contributed by atoms with Crippen molar-refractivity contribution in [2.24, 2.45) is 5.92 Å². The average Bonchev–Trinajstić information content (AvgIpc) is 2.63. The number of hydrogen-bond acceptors (Lipinski definition) is 4. The SMILES string of the molecule is CCOC(=O)C1CCN(c2cc(Cl)ccc2C2CCNCC2)CC1. The summed E-state index contributed by atoms with van der Waals surface area (Å²) in [5.74, 6) is 0.603. The van der Waals surface area contributed by atoms with E-state index in [1.807, 2.05) is 13.0 Å². The maximum absolute atomic E-state index is 11.9. The summed E-state index contributed by atoms with van der Waals surface area (Å²) in [6, 6.07) is 6.31. The number of ether oxygens (including phenoxy) is 1. The van der Waals surface area contributed by atoms with Crippen LogP contribution in [-0.4, -0.2) is 38.8 Å². The van der Waals surface area contributed by atoms with Gasteiger partial charge in [0.1, 0.15) is 0 Å². The van der Waals surface area contributed by atoms with Crippen molar-refractivity contribution in [1.82, 2.24) is 5.32 Å². The maximum atomic E-state index is 11.9. The highest BCUT2D eigenvalue weighted by atomic mass is 35.5. The normalized spacial score (nSPS) is 20.2. The van der Waals surface area contributed by atoms with Gasteiger partial charge in [-0.25, -0.2) is 0 Å². The summed E-state index contributed by atoms with van der Waals surface area (Å²) >= 11 is 6.28. The van der Waals surface area contributed by atoms with Crippen molar-refractivity contribution in [2.75, 3.05) is 37.7 Å². The van der Waals surface area contributed by atoms with Gasteiger partial charge in [0.2, 0.25) is 0 Å². The molecule has 0 bridgehead atoms. The summed E-state index contributed by atoms with van der Waals surface area (Å²) in [6.45, 7) is 6.27. The number of anilines is 1. The Labute approximate surface area is 149 Å². The van der Waals surface area contributed by atoms with E-state index < -0.39 is 0 Å². The molecular weight excluding hydrogens is 324 g/mol. The summed E-state index contributed by atoms with van der Waals surface area (Å²) in [7, 11) is 0. The number of carbonyl (C=O) groups is 1. The molecule has 0 saturated carbocycles. The first-order valence-electron chi connectivity index (χ1n) is 9.10. The summed E-state index contributed by atoms with van der Waals surface area (Å²) in [5.41, 5.74) is 2.67. The van der Waals surface area contributed by atoms with Gasteiger partial charge in [0.15, 0.2) is 0 Å². The Bertz CT molecular complexity index is 564. The Hall–Kier alpha value is -1.26. The van der Waals surface area contributed by atoms with Gasteiger partial charge in [-0.2, -0.15) is 0 Å². The molecular formula is C19H27ClN2O2. The van der Waals surface area contributed by atoms with Crippen molar-refractivity contribution in [3.05, 3.63) is 28.8 Å². The van der Waals surface area contributed by atoms with E-state index in [1.54, 1.807) is 0 Å². The van der Waals surface area contributed by atoms with Crippen LogP contribution in [0.5, 0.6) is 0 Å². The van der Waals surface area contributed by atoms with Crippen molar-refractivity contribution in [3.8, 4) is 0 Å². The van der Waals surface area contributed by atoms with Crippen molar-refractivity contribution in [3.63, 3.8) is 0 Å². The van der Waals surface area contributed by atoms with Crippen molar-refractivity contribution >= 4 is 23.3 Å². The standard InChI is InChI=1S/C19H27ClN2O2/c1-2-24-19(23)15-7-11-22(12-8-15)18-13-16(20)3-4-17(18)14-5-9-21-10-6-14/h3-4,13-15,21H,2,5-12H2,1H3. The molecule has 2 saturated heterocycles. The van der Waals surface area contributed by atoms with Gasteiger partial charge in [-0.3, -0.25) is 4.79 Å². The van der Waals surface area contributed by atoms with Gasteiger partial charge in [0, 0.05) is 23.8 Å². The third-order valence-electron chi connectivity index (χ3n) is 5.23. The van der Waals surface area contributed by atoms with Crippen LogP contribution in [0.3, 0.4) is 0 Å². The van der Waals surface area contributed by atoms with Gasteiger partial charge in [-0.15, -0.1) is 0 Å². The first-order chi connectivity index (χ1) is 11.7. The molecule has 2 heterocycles. The molecule has 24 heavy (non-hydrogen) atoms. The molecule has 0 spiro atoms. The van der Waals surface area contributed by atoms with Crippen molar-refractivity contribution in [2.45, 2.75) is 38.5 Å². The molecule has 5 heteroatoms. The zero-order chi connectivity index (χ0) is 16.9. The summed E-state index contributed by atoms with van der Waals surface area (Å²) in [6.07, 6.45) is 4.07. The Kier molecular flexibility index (Phi) is 6.01. The van der Waals surface area contributed by atoms with Gasteiger partial charge in [0.25, 0.3) is 0 Å². The van der Waals surface area contributed by atoms with E-state index in [1.165, 1.54) is 24.1 Å². The molecule has 1 aromatic carbocycles. The maximum Gasteiger partial charge on any atom is 0.309 e. The second-order valence-corrected chi connectivity index (χ2v) is 7.18. The predicted molar refractivity (Wildman–Crippen MR) is 97.9 cm³/mol. The Morgan fingerprint density at radius 3 is 2.62 bits per heavy atom. The van der Waals surface area contributed by atoms with Gasteiger partial charge < -0.3 is 15.0 Å². The summed E-state index contributed by atoms with van der Waals surface area (Å²) < 4.78 is 5.17. The molecule has 2 aliphatic rings. The second kappa shape index (κ2) is 8.21. The second-order valence-electron chi connectivity index (χ2n) is 6.74. The number of carbonyl (C=O) groups excluding carboxylic acids is 1. The highest BCUT2D eigenvalue weighted by Crippen LogP contribution is 2.36. The molecule has 0 amide bonds. The van der Waals surface area contributed by atoms with Gasteiger partial charge >= 0.3 is 5.97 Å². The lowest BCUT2D eigenvalue weighted by Crippen LogP contribution is -2.38. The monoisotopic (exact) mass is 350 g/mol. The van der Waals surface area contributed by atoms with Crippen molar-refractivity contribution < 1.29 is 9.53 Å². The fraction of sp³-hybridized carbons (Fsp3) is 0.632. The van der Waals surface area contributed by atoms with Crippen LogP contribution in [0.25, 0.3) is 0 Å². The van der Waals surface area contributed by atoms with E-state index in [0.717, 1.165) is 44.0 Å². The molecule has 2 aliphatic heterocycles. The minimum Gasteiger partial charge on any atom is -0.466 e. The molecule has 2 fully saturated rings. The third kappa shape index (κ3) is 4.04. The number of nitrogens with one attached hydrogen (secondary N) is 1. The first-order valence-corrected chi connectivity index (χ1v) is 9.48. The van der Waals surface area contributed by atoms with Gasteiger partial charge in [0.05, 0.1) is 12.5 Å². The molecule has 1 N–H and O–H groups in total. The lowest BCUT2D eigenvalue weighted by Gasteiger charge is -2.36. The van der Waals surface area contributed by atoms with E-state index >= 15 is 0 Å². The van der Waals surface area contributed by atoms with Gasteiger partial charge in [-0.1, -0.05) is 17.7 Å². The highest BCUT2D eigenvalue weighted by molar-refractivity contribution is 6.30. The topological polar surface area (TPSA) is 41.6 Å². The quantitative estimate of drug-likeness (QED) is 0.843. The molecule has 1 aromatic rings. The van der Waals surface area contributed by atoms with Crippen molar-refractivity contribution in [1.29, 1.82) is 0 Å². The third-order valence-corrected chi connectivity index (χ3v) is 5.46.